The molecular formula is C19H16Cl2N4O. The van der Waals surface area contributed by atoms with Gasteiger partial charge in [-0.1, -0.05) is 53.5 Å². The molecule has 0 saturated carbocycles. The first-order valence-electron chi connectivity index (χ1n) is 7.93. The van der Waals surface area contributed by atoms with Crippen LogP contribution in [0.4, 0.5) is 11.5 Å². The maximum atomic E-state index is 12.5. The van der Waals surface area contributed by atoms with Crippen LogP contribution in [0.25, 0.3) is 0 Å². The van der Waals surface area contributed by atoms with Crippen molar-refractivity contribution in [1.29, 1.82) is 0 Å². The van der Waals surface area contributed by atoms with Crippen LogP contribution >= 0.6 is 23.2 Å². The fourth-order valence-corrected chi connectivity index (χ4v) is 2.72. The predicted octanol–water partition coefficient (Wildman–Crippen LogP) is 5.21. The highest BCUT2D eigenvalue weighted by molar-refractivity contribution is 6.35. The van der Waals surface area contributed by atoms with Crippen molar-refractivity contribution in [2.45, 2.75) is 13.0 Å². The van der Waals surface area contributed by atoms with Gasteiger partial charge in [-0.05, 0) is 30.7 Å². The highest BCUT2D eigenvalue weighted by Gasteiger charge is 2.13. The Morgan fingerprint density at radius 1 is 1.04 bits per heavy atom. The van der Waals surface area contributed by atoms with Gasteiger partial charge in [0.2, 0.25) is 0 Å². The normalized spacial score (nSPS) is 11.7. The summed E-state index contributed by atoms with van der Waals surface area (Å²) in [6.07, 6.45) is 1.34. The Kier molecular flexibility index (Phi) is 5.71. The Balaban J connectivity index is 1.74. The van der Waals surface area contributed by atoms with Gasteiger partial charge < -0.3 is 10.6 Å². The molecule has 26 heavy (non-hydrogen) atoms. The summed E-state index contributed by atoms with van der Waals surface area (Å²) in [7, 11) is 0. The van der Waals surface area contributed by atoms with Crippen molar-refractivity contribution in [3.05, 3.63) is 82.2 Å². The molecular weight excluding hydrogens is 371 g/mol. The molecule has 0 saturated heterocycles. The lowest BCUT2D eigenvalue weighted by Gasteiger charge is -2.15. The molecule has 0 aliphatic carbocycles. The second-order valence-corrected chi connectivity index (χ2v) is 6.49. The summed E-state index contributed by atoms with van der Waals surface area (Å²) in [4.78, 5) is 20.7. The van der Waals surface area contributed by atoms with Gasteiger partial charge in [0.05, 0.1) is 10.7 Å². The van der Waals surface area contributed by atoms with Crippen LogP contribution in [0, 0.1) is 0 Å². The minimum Gasteiger partial charge on any atom is -0.363 e. The topological polar surface area (TPSA) is 66.9 Å². The molecule has 0 radical (unpaired) electrons. The Morgan fingerprint density at radius 3 is 2.58 bits per heavy atom. The molecule has 2 N–H and O–H groups in total. The molecule has 5 nitrogen and oxygen atoms in total. The number of rotatable bonds is 5. The summed E-state index contributed by atoms with van der Waals surface area (Å²) in [5, 5.41) is 6.84. The number of nitrogens with zero attached hydrogens (tertiary/aromatic N) is 2. The number of carbonyl (C=O) groups excluding carboxylic acids is 1. The van der Waals surface area contributed by atoms with Crippen LogP contribution in [-0.2, 0) is 0 Å². The van der Waals surface area contributed by atoms with Crippen LogP contribution in [0.3, 0.4) is 0 Å². The summed E-state index contributed by atoms with van der Waals surface area (Å²) in [5.41, 5.74) is 1.76. The van der Waals surface area contributed by atoms with E-state index in [0.29, 0.717) is 21.6 Å². The van der Waals surface area contributed by atoms with E-state index in [1.165, 1.54) is 6.33 Å². The molecule has 0 aliphatic heterocycles. The number of carbonyl (C=O) groups is 1. The largest absolute Gasteiger partial charge is 0.363 e. The first-order chi connectivity index (χ1) is 12.5. The molecule has 3 rings (SSSR count). The quantitative estimate of drug-likeness (QED) is 0.631. The maximum Gasteiger partial charge on any atom is 0.274 e. The van der Waals surface area contributed by atoms with Crippen molar-refractivity contribution in [1.82, 2.24) is 9.97 Å². The van der Waals surface area contributed by atoms with Crippen LogP contribution in [0.5, 0.6) is 0 Å². The third-order valence-electron chi connectivity index (χ3n) is 3.74. The molecule has 3 aromatic rings. The van der Waals surface area contributed by atoms with Crippen LogP contribution < -0.4 is 10.6 Å². The molecule has 1 atom stereocenters. The second kappa shape index (κ2) is 8.17. The number of aromatic nitrogens is 2. The number of halogens is 2. The molecule has 0 bridgehead atoms. The van der Waals surface area contributed by atoms with Crippen molar-refractivity contribution >= 4 is 40.6 Å². The number of hydrogen-bond acceptors (Lipinski definition) is 4. The summed E-state index contributed by atoms with van der Waals surface area (Å²) < 4.78 is 0. The standard InChI is InChI=1S/C19H16Cl2N4O/c1-12(13-5-3-2-4-6-13)24-18-10-17(22-11-23-18)19(26)25-16-9-14(20)7-8-15(16)21/h2-12H,1H3,(H,25,26)(H,22,23,24). The fraction of sp³-hybridized carbons (Fsp3) is 0.105. The van der Waals surface area contributed by atoms with Crippen LogP contribution in [0.2, 0.25) is 10.0 Å². The SMILES string of the molecule is CC(Nc1cc(C(=O)Nc2cc(Cl)ccc2Cl)ncn1)c1ccccc1. The van der Waals surface area contributed by atoms with Crippen molar-refractivity contribution in [2.24, 2.45) is 0 Å². The second-order valence-electron chi connectivity index (χ2n) is 5.64. The molecule has 1 heterocycles. The van der Waals surface area contributed by atoms with E-state index in [1.807, 2.05) is 37.3 Å². The van der Waals surface area contributed by atoms with Crippen molar-refractivity contribution in [3.8, 4) is 0 Å². The Morgan fingerprint density at radius 2 is 1.81 bits per heavy atom. The average molecular weight is 387 g/mol. The molecule has 1 unspecified atom stereocenters. The number of amides is 1. The van der Waals surface area contributed by atoms with E-state index in [1.54, 1.807) is 24.3 Å². The molecule has 7 heteroatoms. The molecule has 1 amide bonds. The zero-order valence-corrected chi connectivity index (χ0v) is 15.4. The minimum absolute atomic E-state index is 0.0318. The van der Waals surface area contributed by atoms with E-state index in [-0.39, 0.29) is 11.7 Å². The van der Waals surface area contributed by atoms with Gasteiger partial charge in [0, 0.05) is 17.1 Å². The lowest BCUT2D eigenvalue weighted by atomic mass is 10.1. The van der Waals surface area contributed by atoms with Gasteiger partial charge in [-0.15, -0.1) is 0 Å². The van der Waals surface area contributed by atoms with Gasteiger partial charge in [0.25, 0.3) is 5.91 Å². The molecule has 0 fully saturated rings. The summed E-state index contributed by atoms with van der Waals surface area (Å²) >= 11 is 12.0. The van der Waals surface area contributed by atoms with Crippen LogP contribution in [0.1, 0.15) is 29.0 Å². The monoisotopic (exact) mass is 386 g/mol. The number of benzene rings is 2. The summed E-state index contributed by atoms with van der Waals surface area (Å²) in [5.74, 6) is 0.158. The Bertz CT molecular complexity index is 918. The fourth-order valence-electron chi connectivity index (χ4n) is 2.39. The van der Waals surface area contributed by atoms with Crippen molar-refractivity contribution in [3.63, 3.8) is 0 Å². The van der Waals surface area contributed by atoms with Crippen LogP contribution in [0.15, 0.2) is 60.9 Å². The van der Waals surface area contributed by atoms with E-state index < -0.39 is 5.91 Å². The lowest BCUT2D eigenvalue weighted by molar-refractivity contribution is 0.102. The van der Waals surface area contributed by atoms with Gasteiger partial charge >= 0.3 is 0 Å². The van der Waals surface area contributed by atoms with Crippen LogP contribution in [-0.4, -0.2) is 15.9 Å². The molecule has 132 valence electrons. The van der Waals surface area contributed by atoms with Gasteiger partial charge in [-0.2, -0.15) is 0 Å². The average Bonchev–Trinajstić information content (AvgIpc) is 2.65. The lowest BCUT2D eigenvalue weighted by Crippen LogP contribution is -2.15. The highest BCUT2D eigenvalue weighted by atomic mass is 35.5. The van der Waals surface area contributed by atoms with E-state index in [4.69, 9.17) is 23.2 Å². The van der Waals surface area contributed by atoms with E-state index in [0.717, 1.165) is 5.56 Å². The molecule has 2 aromatic carbocycles. The molecule has 1 aromatic heterocycles. The third-order valence-corrected chi connectivity index (χ3v) is 4.30. The number of nitrogens with one attached hydrogen (secondary N) is 2. The van der Waals surface area contributed by atoms with Gasteiger partial charge in [-0.3, -0.25) is 4.79 Å². The first kappa shape index (κ1) is 18.2. The summed E-state index contributed by atoms with van der Waals surface area (Å²) in [6.45, 7) is 2.02. The number of hydrogen-bond donors (Lipinski definition) is 2. The van der Waals surface area contributed by atoms with Gasteiger partial charge in [-0.25, -0.2) is 9.97 Å². The minimum atomic E-state index is -0.396. The smallest absolute Gasteiger partial charge is 0.274 e. The third kappa shape index (κ3) is 4.50. The van der Waals surface area contributed by atoms with Crippen molar-refractivity contribution < 1.29 is 4.79 Å². The summed E-state index contributed by atoms with van der Waals surface area (Å²) in [6, 6.07) is 16.4. The predicted molar refractivity (Wildman–Crippen MR) is 105 cm³/mol. The van der Waals surface area contributed by atoms with Gasteiger partial charge in [0.1, 0.15) is 17.8 Å². The maximum absolute atomic E-state index is 12.5. The van der Waals surface area contributed by atoms with E-state index >= 15 is 0 Å². The number of anilines is 2. The Hall–Kier alpha value is -2.63. The first-order valence-corrected chi connectivity index (χ1v) is 8.68. The zero-order chi connectivity index (χ0) is 18.5. The molecule has 0 aliphatic rings. The van der Waals surface area contributed by atoms with Gasteiger partial charge in [0.15, 0.2) is 0 Å². The van der Waals surface area contributed by atoms with E-state index in [9.17, 15) is 4.79 Å². The molecule has 0 spiro atoms. The zero-order valence-electron chi connectivity index (χ0n) is 13.9. The van der Waals surface area contributed by atoms with Crippen molar-refractivity contribution in [2.75, 3.05) is 10.6 Å². The highest BCUT2D eigenvalue weighted by Crippen LogP contribution is 2.26. The Labute approximate surface area is 161 Å². The van der Waals surface area contributed by atoms with E-state index in [2.05, 4.69) is 20.6 Å².